The third kappa shape index (κ3) is 11.1. The van der Waals surface area contributed by atoms with Crippen LogP contribution in [0.3, 0.4) is 0 Å². The summed E-state index contributed by atoms with van der Waals surface area (Å²) >= 11 is 0. The molecule has 0 aliphatic heterocycles. The fourth-order valence-electron chi connectivity index (χ4n) is 1.09. The van der Waals surface area contributed by atoms with Gasteiger partial charge in [0.05, 0.1) is 26.9 Å². The van der Waals surface area contributed by atoms with Crippen molar-refractivity contribution in [3.63, 3.8) is 0 Å². The molecular weight excluding hydrogens is 228 g/mol. The minimum atomic E-state index is -0.303. The fraction of sp³-hybridized carbons (Fsp3) is 0.818. The first-order valence-electron chi connectivity index (χ1n) is 5.61. The first-order chi connectivity index (χ1) is 8.20. The van der Waals surface area contributed by atoms with Crippen molar-refractivity contribution in [3.05, 3.63) is 0 Å². The summed E-state index contributed by atoms with van der Waals surface area (Å²) < 4.78 is 14.2. The van der Waals surface area contributed by atoms with E-state index in [9.17, 15) is 9.59 Å². The molecule has 6 nitrogen and oxygen atoms in total. The molecule has 17 heavy (non-hydrogen) atoms. The van der Waals surface area contributed by atoms with Crippen LogP contribution in [-0.2, 0) is 23.8 Å². The zero-order chi connectivity index (χ0) is 12.9. The predicted octanol–water partition coefficient (Wildman–Crippen LogP) is 0.272. The molecule has 0 bridgehead atoms. The van der Waals surface area contributed by atoms with Crippen LogP contribution in [0, 0.1) is 0 Å². The Morgan fingerprint density at radius 3 is 2.24 bits per heavy atom. The summed E-state index contributed by atoms with van der Waals surface area (Å²) in [6.07, 6.45) is 1.83. The number of carbonyl (C=O) groups excluding carboxylic acids is 2. The molecular formula is C11H20O6. The Bertz CT molecular complexity index is 216. The Hall–Kier alpha value is -1.14. The molecule has 0 aromatic heterocycles. The average Bonchev–Trinajstić information content (AvgIpc) is 2.34. The van der Waals surface area contributed by atoms with Crippen molar-refractivity contribution in [2.45, 2.75) is 25.7 Å². The van der Waals surface area contributed by atoms with Gasteiger partial charge in [-0.05, 0) is 12.8 Å². The van der Waals surface area contributed by atoms with E-state index >= 15 is 0 Å². The van der Waals surface area contributed by atoms with Gasteiger partial charge < -0.3 is 19.3 Å². The van der Waals surface area contributed by atoms with Crippen molar-refractivity contribution >= 4 is 11.9 Å². The Kier molecular flexibility index (Phi) is 10.6. The Morgan fingerprint density at radius 1 is 1.00 bits per heavy atom. The van der Waals surface area contributed by atoms with Crippen molar-refractivity contribution in [1.82, 2.24) is 0 Å². The molecule has 1 N–H and O–H groups in total. The molecule has 0 aliphatic rings. The number of rotatable bonds is 10. The molecule has 0 radical (unpaired) electrons. The number of aliphatic hydroxyl groups is 1. The van der Waals surface area contributed by atoms with Crippen LogP contribution < -0.4 is 0 Å². The second kappa shape index (κ2) is 11.3. The zero-order valence-electron chi connectivity index (χ0n) is 10.1. The van der Waals surface area contributed by atoms with Gasteiger partial charge >= 0.3 is 11.9 Å². The lowest BCUT2D eigenvalue weighted by molar-refractivity contribution is -0.146. The lowest BCUT2D eigenvalue weighted by Gasteiger charge is -2.05. The maximum atomic E-state index is 11.1. The van der Waals surface area contributed by atoms with E-state index < -0.39 is 0 Å². The van der Waals surface area contributed by atoms with Gasteiger partial charge in [-0.1, -0.05) is 0 Å². The molecule has 0 fully saturated rings. The van der Waals surface area contributed by atoms with Gasteiger partial charge in [-0.2, -0.15) is 0 Å². The summed E-state index contributed by atoms with van der Waals surface area (Å²) in [5.41, 5.74) is 0. The SMILES string of the molecule is COC(=O)CCCCC(=O)OCCOCCO. The Morgan fingerprint density at radius 2 is 1.65 bits per heavy atom. The highest BCUT2D eigenvalue weighted by atomic mass is 16.6. The number of carbonyl (C=O) groups is 2. The van der Waals surface area contributed by atoms with E-state index in [0.717, 1.165) is 0 Å². The number of hydrogen-bond acceptors (Lipinski definition) is 6. The van der Waals surface area contributed by atoms with Gasteiger partial charge in [0, 0.05) is 12.8 Å². The molecule has 0 unspecified atom stereocenters. The van der Waals surface area contributed by atoms with E-state index in [1.165, 1.54) is 7.11 Å². The van der Waals surface area contributed by atoms with E-state index in [4.69, 9.17) is 14.6 Å². The molecule has 0 saturated carbocycles. The molecule has 0 atom stereocenters. The fourth-order valence-corrected chi connectivity index (χ4v) is 1.09. The summed E-state index contributed by atoms with van der Waals surface area (Å²) in [7, 11) is 1.34. The van der Waals surface area contributed by atoms with Crippen molar-refractivity contribution in [2.75, 3.05) is 33.5 Å². The Balaban J connectivity index is 3.26. The van der Waals surface area contributed by atoms with Crippen molar-refractivity contribution in [3.8, 4) is 0 Å². The van der Waals surface area contributed by atoms with Gasteiger partial charge in [-0.3, -0.25) is 9.59 Å². The number of unbranched alkanes of at least 4 members (excludes halogenated alkanes) is 1. The molecule has 100 valence electrons. The number of methoxy groups -OCH3 is 1. The van der Waals surface area contributed by atoms with Crippen molar-refractivity contribution < 1.29 is 28.9 Å². The largest absolute Gasteiger partial charge is 0.469 e. The minimum absolute atomic E-state index is 0.0402. The van der Waals surface area contributed by atoms with E-state index in [1.807, 2.05) is 0 Å². The van der Waals surface area contributed by atoms with Crippen LogP contribution >= 0.6 is 0 Å². The molecule has 0 rings (SSSR count). The van der Waals surface area contributed by atoms with E-state index in [2.05, 4.69) is 4.74 Å². The first-order valence-corrected chi connectivity index (χ1v) is 5.61. The highest BCUT2D eigenvalue weighted by Gasteiger charge is 2.04. The zero-order valence-corrected chi connectivity index (χ0v) is 10.1. The molecule has 0 aliphatic carbocycles. The smallest absolute Gasteiger partial charge is 0.305 e. The highest BCUT2D eigenvalue weighted by molar-refractivity contribution is 5.70. The minimum Gasteiger partial charge on any atom is -0.469 e. The quantitative estimate of drug-likeness (QED) is 0.441. The molecule has 0 amide bonds. The van der Waals surface area contributed by atoms with E-state index in [1.54, 1.807) is 0 Å². The second-order valence-corrected chi connectivity index (χ2v) is 3.34. The van der Waals surface area contributed by atoms with Gasteiger partial charge in [0.25, 0.3) is 0 Å². The highest BCUT2D eigenvalue weighted by Crippen LogP contribution is 2.02. The second-order valence-electron chi connectivity index (χ2n) is 3.34. The Labute approximate surface area is 101 Å². The van der Waals surface area contributed by atoms with Gasteiger partial charge in [-0.25, -0.2) is 0 Å². The van der Waals surface area contributed by atoms with Gasteiger partial charge in [0.15, 0.2) is 0 Å². The lowest BCUT2D eigenvalue weighted by atomic mass is 10.2. The third-order valence-corrected chi connectivity index (χ3v) is 1.97. The lowest BCUT2D eigenvalue weighted by Crippen LogP contribution is -2.12. The molecule has 6 heteroatoms. The summed E-state index contributed by atoms with van der Waals surface area (Å²) in [6.45, 7) is 0.683. The summed E-state index contributed by atoms with van der Waals surface area (Å²) in [5.74, 6) is -0.571. The number of esters is 2. The van der Waals surface area contributed by atoms with Crippen molar-refractivity contribution in [2.24, 2.45) is 0 Å². The normalized spacial score (nSPS) is 10.0. The maximum Gasteiger partial charge on any atom is 0.305 e. The third-order valence-electron chi connectivity index (χ3n) is 1.97. The van der Waals surface area contributed by atoms with Gasteiger partial charge in [-0.15, -0.1) is 0 Å². The van der Waals surface area contributed by atoms with Crippen LogP contribution in [0.25, 0.3) is 0 Å². The number of aliphatic hydroxyl groups excluding tert-OH is 1. The van der Waals surface area contributed by atoms with E-state index in [-0.39, 0.29) is 44.8 Å². The van der Waals surface area contributed by atoms with Crippen LogP contribution in [0.15, 0.2) is 0 Å². The van der Waals surface area contributed by atoms with Crippen LogP contribution in [-0.4, -0.2) is 50.6 Å². The van der Waals surface area contributed by atoms with Crippen molar-refractivity contribution in [1.29, 1.82) is 0 Å². The number of ether oxygens (including phenoxy) is 3. The van der Waals surface area contributed by atoms with Gasteiger partial charge in [0.1, 0.15) is 6.61 Å². The van der Waals surface area contributed by atoms with Crippen LogP contribution in [0.4, 0.5) is 0 Å². The molecule has 0 aromatic rings. The average molecular weight is 248 g/mol. The molecule has 0 spiro atoms. The monoisotopic (exact) mass is 248 g/mol. The van der Waals surface area contributed by atoms with Gasteiger partial charge in [0.2, 0.25) is 0 Å². The molecule has 0 saturated heterocycles. The topological polar surface area (TPSA) is 82.1 Å². The molecule has 0 heterocycles. The van der Waals surface area contributed by atoms with E-state index in [0.29, 0.717) is 19.3 Å². The van der Waals surface area contributed by atoms with Crippen LogP contribution in [0.1, 0.15) is 25.7 Å². The van der Waals surface area contributed by atoms with Crippen LogP contribution in [0.2, 0.25) is 0 Å². The standard InChI is InChI=1S/C11H20O6/c1-15-10(13)4-2-3-5-11(14)17-9-8-16-7-6-12/h12H,2-9H2,1H3. The summed E-state index contributed by atoms with van der Waals surface area (Å²) in [6, 6.07) is 0. The maximum absolute atomic E-state index is 11.1. The predicted molar refractivity (Wildman–Crippen MR) is 59.3 cm³/mol. The van der Waals surface area contributed by atoms with Crippen LogP contribution in [0.5, 0.6) is 0 Å². The molecule has 0 aromatic carbocycles. The first kappa shape index (κ1) is 15.9. The summed E-state index contributed by atoms with van der Waals surface area (Å²) in [5, 5.41) is 8.41. The number of hydrogen-bond donors (Lipinski definition) is 1. The summed E-state index contributed by atoms with van der Waals surface area (Å²) in [4.78, 5) is 21.9.